The first-order valence-electron chi connectivity index (χ1n) is 48.0. The number of allylic oxidation sites excluding steroid dienone is 16. The summed E-state index contributed by atoms with van der Waals surface area (Å²) < 4.78 is 25.2. The third-order valence-electron chi connectivity index (χ3n) is 22.1. The minimum atomic E-state index is -2.88. The standard InChI is InChI=1S/C21H27O2P.3C9H16.2C8H12O.3C8H14O.C2H2.S25.S24/c1-17-9-8-14-20(22)21(16-15-17)24(23,18-10-4-2-5-11-18)19-12-6-3-7-13-19;3*1-9-7-5-3-2-4-6-8-9;2*1-2-4-6-8-7(9-8)5-3-1;3*9-8-6-4-2-1-3-5-7-8;1-2;1-3-5-7-9-11-13-15-17-19-21-23-25-24-22-20-18-16-14-12-10-8-6-4-2;1-3-5-7-9-11-13-15-17-19-21-23-24-22-20-18-16-14-12-10-8-6-4-2/h2-7,10-13,17,20-22H,8-9,14-16H2,1H3;3*2-3,9H,4-8H2,1H3;2*1-2,7-8H,3-6H2;3*1-2,8-9H,3-7H2;1-2H;;/b;2*3-2+;3-2-;;;2*2-1+;2-1-;;;/t;2*9-;;2*7-,8+;8-;;;;;/m.10...1...../s1. The molecule has 0 amide bonds. The molecule has 0 radical (unpaired) electrons. The van der Waals surface area contributed by atoms with Gasteiger partial charge in [-0.2, -0.15) is 0 Å². The maximum absolute atomic E-state index is 14.4. The first-order valence-corrected chi connectivity index (χ1v) is 112. The van der Waals surface area contributed by atoms with Gasteiger partial charge in [0.15, 0.2) is 0 Å². The van der Waals surface area contributed by atoms with Crippen LogP contribution in [0, 0.1) is 36.5 Å². The van der Waals surface area contributed by atoms with Crippen molar-refractivity contribution in [1.29, 1.82) is 0 Å². The van der Waals surface area contributed by atoms with Crippen molar-refractivity contribution in [3.63, 3.8) is 0 Å². The van der Waals surface area contributed by atoms with Gasteiger partial charge in [-0.3, -0.25) is 0 Å². The van der Waals surface area contributed by atoms with E-state index in [1.165, 1.54) is 183 Å². The van der Waals surface area contributed by atoms with Crippen molar-refractivity contribution >= 4 is 462 Å². The minimum Gasteiger partial charge on any atom is -0.393 e. The average Bonchev–Trinajstić information content (AvgIpc) is 1.71. The van der Waals surface area contributed by atoms with E-state index < -0.39 is 13.2 Å². The molecule has 6 unspecified atom stereocenters. The number of ether oxygens (including phenoxy) is 2. The summed E-state index contributed by atoms with van der Waals surface area (Å²) in [5, 5.41) is 40.1. The van der Waals surface area contributed by atoms with Crippen molar-refractivity contribution in [2.24, 2.45) is 23.7 Å². The molecule has 2 aromatic rings. The van der Waals surface area contributed by atoms with Crippen LogP contribution in [0.15, 0.2) is 158 Å². The van der Waals surface area contributed by atoms with Gasteiger partial charge in [0.1, 0.15) is 7.14 Å². The van der Waals surface area contributed by atoms with Gasteiger partial charge in [0.2, 0.25) is 0 Å². The molecule has 2 saturated heterocycles. The smallest absolute Gasteiger partial charge is 0.148 e. The predicted octanol–water partition coefficient (Wildman–Crippen LogP) is 23.3. The van der Waals surface area contributed by atoms with Crippen LogP contribution in [0.5, 0.6) is 0 Å². The van der Waals surface area contributed by atoms with Crippen LogP contribution in [0.25, 0.3) is 0 Å². The summed E-state index contributed by atoms with van der Waals surface area (Å²) in [6.07, 6.45) is 97.3. The Labute approximate surface area is 1030 Å². The Morgan fingerprint density at radius 1 is 0.224 bits per heavy atom. The molecule has 2 heterocycles. The molecule has 2 aromatic carbocycles. The Morgan fingerprint density at radius 3 is 0.633 bits per heavy atom. The Hall–Kier alpha value is 6.69. The molecule has 2 aliphatic heterocycles. The lowest BCUT2D eigenvalue weighted by Crippen LogP contribution is -2.36. The molecule has 0 aromatic heterocycles. The first kappa shape index (κ1) is 150. The summed E-state index contributed by atoms with van der Waals surface area (Å²) in [6, 6.07) is 19.5. The molecule has 11 aliphatic rings. The molecule has 13 atom stereocenters. The van der Waals surface area contributed by atoms with Gasteiger partial charge in [-0.1, -0.05) is 218 Å². The fourth-order valence-corrected chi connectivity index (χ4v) is 131. The van der Waals surface area contributed by atoms with Gasteiger partial charge in [0.25, 0.3) is 0 Å². The third kappa shape index (κ3) is 97.4. The molecule has 0 bridgehead atoms. The molecule has 7 nitrogen and oxygen atoms in total. The van der Waals surface area contributed by atoms with E-state index in [4.69, 9.17) is 54.2 Å². The quantitative estimate of drug-likeness (QED) is 0.102. The lowest BCUT2D eigenvalue weighted by atomic mass is 9.91. The summed E-state index contributed by atoms with van der Waals surface area (Å²) in [7, 11) is 75.2. The molecule has 57 heteroatoms. The number of terminal acetylenes is 1. The van der Waals surface area contributed by atoms with Crippen molar-refractivity contribution in [3.05, 3.63) is 158 Å². The second-order valence-electron chi connectivity index (χ2n) is 33.0. The van der Waals surface area contributed by atoms with E-state index in [1.807, 2.05) is 158 Å². The molecule has 844 valence electrons. The Kier molecular flexibility index (Phi) is 119. The minimum absolute atomic E-state index is 0.0325. The SMILES string of the molecule is C#C.C1=CCC[C@H]2O[C@H]2CC1.C1=CCC[C@H]2O[C@H]2CC1.CC1CC/C=C\CCC1.CC1CCCC(O)C(P(=O)(c2ccccc2)c2ccccc2)CC1.C[C@@H]1CC/C=C/CCC1.C[C@H]1CC/C=C/CCC1.OC1CC/C=C/CCC1.OC1CC/C=C\CCC1.O[C@@H]1CC/C=C/CCC1.S=S=S=S=S=S=S=S=S=S=S=S=S=S=S=S=S=S=S=S=S=S=S=S.S=S=S=S=S=S=S=S=S=S=S=S=S=S=S=S=S=S=S=S=S=S=S=S=S. The molecule has 4 N–H and O–H groups in total. The van der Waals surface area contributed by atoms with Crippen LogP contribution >= 0.6 is 7.14 Å². The van der Waals surface area contributed by atoms with E-state index in [-0.39, 0.29) is 24.0 Å². The van der Waals surface area contributed by atoms with Gasteiger partial charge >= 0.3 is 0 Å². The van der Waals surface area contributed by atoms with Crippen molar-refractivity contribution < 1.29 is 34.5 Å². The summed E-state index contributed by atoms with van der Waals surface area (Å²) in [4.78, 5) is 0. The summed E-state index contributed by atoms with van der Waals surface area (Å²) in [6.45, 7) is 9.35. The van der Waals surface area contributed by atoms with E-state index in [2.05, 4.69) is 138 Å². The van der Waals surface area contributed by atoms with Crippen LogP contribution in [-0.4, -0.2) is 74.9 Å². The van der Waals surface area contributed by atoms with Crippen LogP contribution < -0.4 is 10.6 Å². The largest absolute Gasteiger partial charge is 0.393 e. The van der Waals surface area contributed by atoms with Gasteiger partial charge < -0.3 is 34.5 Å². The molecule has 1 saturated carbocycles. The molecule has 13 rings (SSSR count). The normalized spacial score (nSPS) is 23.8. The van der Waals surface area contributed by atoms with Crippen LogP contribution in [0.1, 0.15) is 304 Å². The highest BCUT2D eigenvalue weighted by molar-refractivity contribution is 8.81. The van der Waals surface area contributed by atoms with Crippen LogP contribution in [0.4, 0.5) is 0 Å². The summed E-state index contributed by atoms with van der Waals surface area (Å²) in [5.41, 5.74) is -0.190. The van der Waals surface area contributed by atoms with Crippen LogP contribution in [0.3, 0.4) is 0 Å². The van der Waals surface area contributed by atoms with Crippen molar-refractivity contribution in [1.82, 2.24) is 0 Å². The number of aliphatic hydroxyl groups is 4. The lowest BCUT2D eigenvalue weighted by Gasteiger charge is -2.34. The number of hydrogen-bond acceptors (Lipinski definition) is 11. The fourth-order valence-electron chi connectivity index (χ4n) is 14.7. The van der Waals surface area contributed by atoms with Gasteiger partial charge in [-0.05, 0) is 268 Å². The zero-order valence-corrected chi connectivity index (χ0v) is 123. The number of benzene rings is 2. The van der Waals surface area contributed by atoms with E-state index in [9.17, 15) is 25.0 Å². The van der Waals surface area contributed by atoms with Crippen molar-refractivity contribution in [2.45, 2.75) is 358 Å². The molecule has 3 fully saturated rings. The second-order valence-corrected chi connectivity index (χ2v) is 116. The highest BCUT2D eigenvalue weighted by Crippen LogP contribution is 2.53. The van der Waals surface area contributed by atoms with E-state index in [0.717, 1.165) is 157 Å². The highest BCUT2D eigenvalue weighted by atomic mass is 33.5. The molecular weight excluding hydrogens is 2800 g/mol. The second kappa shape index (κ2) is 116. The van der Waals surface area contributed by atoms with Gasteiger partial charge in [0, 0.05) is 461 Å². The maximum Gasteiger partial charge on any atom is 0.148 e. The van der Waals surface area contributed by atoms with E-state index in [0.29, 0.717) is 30.3 Å². The number of rotatable bonds is 3. The monoisotopic (exact) mass is 2930 g/mol. The molecule has 9 aliphatic carbocycles. The van der Waals surface area contributed by atoms with Crippen molar-refractivity contribution in [2.75, 3.05) is 0 Å². The van der Waals surface area contributed by atoms with Gasteiger partial charge in [-0.25, -0.2) is 0 Å². The number of aliphatic hydroxyl groups excluding tert-OH is 4. The predicted molar refractivity (Wildman–Crippen MR) is 784 cm³/mol. The first-order chi connectivity index (χ1) is 72.2. The third-order valence-corrected chi connectivity index (χ3v) is 121. The van der Waals surface area contributed by atoms with Gasteiger partial charge in [0.05, 0.1) is 48.8 Å². The highest BCUT2D eigenvalue weighted by Gasteiger charge is 2.42. The fraction of sp³-hybridized carbons (Fsp3) is 0.667. The van der Waals surface area contributed by atoms with Crippen LogP contribution in [0.2, 0.25) is 0 Å². The number of epoxide rings is 2. The number of hydrogen-bond donors (Lipinski definition) is 4. The number of fused-ring (bicyclic) bond motifs is 2. The molecule has 147 heavy (non-hydrogen) atoms. The Bertz CT molecular complexity index is 6120. The lowest BCUT2D eigenvalue weighted by molar-refractivity contribution is 0.138. The summed E-state index contributed by atoms with van der Waals surface area (Å²) >= 11 is 19.1. The Balaban J connectivity index is 0.000000562. The molecule has 0 spiro atoms. The summed E-state index contributed by atoms with van der Waals surface area (Å²) in [5.74, 6) is 3.54. The van der Waals surface area contributed by atoms with Gasteiger partial charge in [-0.15, -0.1) is 12.8 Å². The van der Waals surface area contributed by atoms with Crippen LogP contribution in [-0.2, 0) is 458 Å². The topological polar surface area (TPSA) is 123 Å². The average molecular weight is 2940 g/mol. The maximum atomic E-state index is 14.4. The zero-order chi connectivity index (χ0) is 106. The van der Waals surface area contributed by atoms with E-state index in [1.54, 1.807) is 266 Å². The van der Waals surface area contributed by atoms with E-state index >= 15 is 0 Å². The zero-order valence-electron chi connectivity index (χ0n) is 82.5. The Morgan fingerprint density at radius 2 is 0.408 bits per heavy atom. The molecular formula is C90H143O7PS49. The van der Waals surface area contributed by atoms with Crippen molar-refractivity contribution in [3.8, 4) is 12.8 Å².